The van der Waals surface area contributed by atoms with Gasteiger partial charge in [-0.05, 0) is 64.2 Å². The molecule has 62 heavy (non-hydrogen) atoms. The number of carbonyl (C=O) groups excluding carboxylic acids is 3. The van der Waals surface area contributed by atoms with Crippen molar-refractivity contribution >= 4 is 25.7 Å². The highest BCUT2D eigenvalue weighted by Crippen LogP contribution is 2.43. The summed E-state index contributed by atoms with van der Waals surface area (Å²) >= 11 is 0. The lowest BCUT2D eigenvalue weighted by atomic mass is 10.1. The van der Waals surface area contributed by atoms with Crippen molar-refractivity contribution < 1.29 is 52.2 Å². The summed E-state index contributed by atoms with van der Waals surface area (Å²) in [7, 11) is -4.76. The number of hydrogen-bond donors (Lipinski definition) is 2. The maximum atomic E-state index is 12.8. The average Bonchev–Trinajstić information content (AvgIpc) is 3.25. The molecule has 0 bridgehead atoms. The first kappa shape index (κ1) is 58.9. The van der Waals surface area contributed by atoms with Crippen LogP contribution in [0.2, 0.25) is 0 Å². The standard InChI is InChI=1S/C50H85O11P/c1-4-7-10-13-16-19-21-22-23-24-26-29-32-35-38-41-50(54)61-47(43-57-48(52)39-36-33-30-27-18-15-12-9-6-3)45-59-62(55,56)58-44-46(42-51)60-49(53)40-37-34-31-28-25-20-17-14-11-8-5-2/h7,10,14,16-17,19,22-23,26,29,35,38,46-47,51H,4-6,8-9,11-13,15,18,20-21,24-25,27-28,30-34,36-37,39-45H2,1-3H3,(H,55,56)/b10-7-,17-14-,19-16-,23-22-,29-26-,38-35-. The third-order valence-electron chi connectivity index (χ3n) is 9.65. The smallest absolute Gasteiger partial charge is 0.462 e. The molecule has 3 atom stereocenters. The van der Waals surface area contributed by atoms with Crippen LogP contribution in [0.5, 0.6) is 0 Å². The number of rotatable bonds is 43. The van der Waals surface area contributed by atoms with Gasteiger partial charge in [0.1, 0.15) is 12.7 Å². The predicted octanol–water partition coefficient (Wildman–Crippen LogP) is 13.0. The maximum Gasteiger partial charge on any atom is 0.472 e. The van der Waals surface area contributed by atoms with Crippen LogP contribution in [0.15, 0.2) is 72.9 Å². The molecule has 2 N–H and O–H groups in total. The highest BCUT2D eigenvalue weighted by atomic mass is 31.2. The van der Waals surface area contributed by atoms with Gasteiger partial charge < -0.3 is 24.2 Å². The Kier molecular flexibility index (Phi) is 42.3. The Morgan fingerprint density at radius 1 is 0.484 bits per heavy atom. The summed E-state index contributed by atoms with van der Waals surface area (Å²) in [4.78, 5) is 48.0. The van der Waals surface area contributed by atoms with E-state index in [2.05, 4.69) is 69.4 Å². The van der Waals surface area contributed by atoms with Crippen LogP contribution in [-0.2, 0) is 42.2 Å². The number of aliphatic hydroxyl groups excluding tert-OH is 1. The van der Waals surface area contributed by atoms with E-state index in [1.165, 1.54) is 44.9 Å². The van der Waals surface area contributed by atoms with Crippen molar-refractivity contribution in [2.24, 2.45) is 0 Å². The normalized spacial score (nSPS) is 14.2. The summed E-state index contributed by atoms with van der Waals surface area (Å²) in [6.45, 7) is 4.31. The van der Waals surface area contributed by atoms with Gasteiger partial charge in [0.2, 0.25) is 0 Å². The molecular weight excluding hydrogens is 808 g/mol. The molecule has 0 aliphatic rings. The van der Waals surface area contributed by atoms with Crippen molar-refractivity contribution in [1.82, 2.24) is 0 Å². The molecular formula is C50H85O11P. The monoisotopic (exact) mass is 893 g/mol. The second-order valence-corrected chi connectivity index (χ2v) is 17.0. The number of carbonyl (C=O) groups is 3. The molecule has 12 heteroatoms. The molecule has 0 saturated heterocycles. The zero-order chi connectivity index (χ0) is 45.6. The van der Waals surface area contributed by atoms with E-state index >= 15 is 0 Å². The van der Waals surface area contributed by atoms with E-state index in [-0.39, 0.29) is 25.9 Å². The van der Waals surface area contributed by atoms with Gasteiger partial charge in [-0.3, -0.25) is 23.4 Å². The molecule has 0 saturated carbocycles. The number of ether oxygens (including phenoxy) is 3. The molecule has 0 fully saturated rings. The quantitative estimate of drug-likeness (QED) is 0.0198. The van der Waals surface area contributed by atoms with Crippen LogP contribution >= 0.6 is 7.82 Å². The lowest BCUT2D eigenvalue weighted by Gasteiger charge is -2.21. The Morgan fingerprint density at radius 3 is 1.45 bits per heavy atom. The molecule has 0 amide bonds. The van der Waals surface area contributed by atoms with Gasteiger partial charge in [-0.2, -0.15) is 0 Å². The first-order chi connectivity index (χ1) is 30.2. The van der Waals surface area contributed by atoms with Gasteiger partial charge in [0.25, 0.3) is 0 Å². The van der Waals surface area contributed by atoms with Gasteiger partial charge >= 0.3 is 25.7 Å². The molecule has 0 radical (unpaired) electrons. The van der Waals surface area contributed by atoms with E-state index in [4.69, 9.17) is 23.3 Å². The minimum absolute atomic E-state index is 0.0654. The number of allylic oxidation sites excluding steroid dienone is 11. The summed E-state index contributed by atoms with van der Waals surface area (Å²) in [5, 5.41) is 9.72. The van der Waals surface area contributed by atoms with Crippen LogP contribution < -0.4 is 0 Å². The van der Waals surface area contributed by atoms with Crippen molar-refractivity contribution in [3.63, 3.8) is 0 Å². The fraction of sp³-hybridized carbons (Fsp3) is 0.700. The molecule has 0 aromatic heterocycles. The minimum atomic E-state index is -4.76. The van der Waals surface area contributed by atoms with Crippen LogP contribution in [0.4, 0.5) is 0 Å². The summed E-state index contributed by atoms with van der Waals surface area (Å²) < 4.78 is 39.0. The van der Waals surface area contributed by atoms with Crippen molar-refractivity contribution in [1.29, 1.82) is 0 Å². The van der Waals surface area contributed by atoms with Gasteiger partial charge in [0.15, 0.2) is 6.10 Å². The van der Waals surface area contributed by atoms with Crippen molar-refractivity contribution in [3.05, 3.63) is 72.9 Å². The fourth-order valence-corrected chi connectivity index (χ4v) is 6.78. The SMILES string of the molecule is CC/C=C\C/C=C\C/C=C\C/C=C\C/C=C\CC(=O)OC(COC(=O)CCCCCCCCCCC)COP(=O)(O)OCC(CO)OC(=O)CCCCCCC/C=C\CCCC. The van der Waals surface area contributed by atoms with Gasteiger partial charge in [-0.1, -0.05) is 177 Å². The van der Waals surface area contributed by atoms with Crippen LogP contribution in [0, 0.1) is 0 Å². The maximum absolute atomic E-state index is 12.8. The van der Waals surface area contributed by atoms with E-state index in [1.807, 2.05) is 18.2 Å². The first-order valence-electron chi connectivity index (χ1n) is 23.8. The summed E-state index contributed by atoms with van der Waals surface area (Å²) in [5.41, 5.74) is 0. The summed E-state index contributed by atoms with van der Waals surface area (Å²) in [6, 6.07) is 0. The van der Waals surface area contributed by atoms with E-state index in [0.717, 1.165) is 83.5 Å². The molecule has 0 spiro atoms. The number of esters is 3. The summed E-state index contributed by atoms with van der Waals surface area (Å²) in [5.74, 6) is -1.64. The Bertz CT molecular complexity index is 1320. The van der Waals surface area contributed by atoms with Gasteiger partial charge in [-0.25, -0.2) is 4.57 Å². The molecule has 356 valence electrons. The second kappa shape index (κ2) is 44.5. The first-order valence-corrected chi connectivity index (χ1v) is 25.3. The number of phosphoric acid groups is 1. The van der Waals surface area contributed by atoms with Crippen LogP contribution in [0.3, 0.4) is 0 Å². The van der Waals surface area contributed by atoms with Crippen LogP contribution in [-0.4, -0.2) is 66.5 Å². The van der Waals surface area contributed by atoms with E-state index in [9.17, 15) is 28.9 Å². The lowest BCUT2D eigenvalue weighted by Crippen LogP contribution is -2.30. The Hall–Kier alpha value is -3.08. The third kappa shape index (κ3) is 42.2. The van der Waals surface area contributed by atoms with E-state index < -0.39 is 57.8 Å². The third-order valence-corrected chi connectivity index (χ3v) is 10.6. The number of hydrogen-bond acceptors (Lipinski definition) is 10. The van der Waals surface area contributed by atoms with Crippen molar-refractivity contribution in [3.8, 4) is 0 Å². The van der Waals surface area contributed by atoms with Crippen molar-refractivity contribution in [2.45, 2.75) is 200 Å². The molecule has 11 nitrogen and oxygen atoms in total. The molecule has 0 aromatic rings. The molecule has 0 aromatic carbocycles. The minimum Gasteiger partial charge on any atom is -0.462 e. The van der Waals surface area contributed by atoms with Gasteiger partial charge in [0.05, 0.1) is 26.2 Å². The Labute approximate surface area is 376 Å². The number of aliphatic hydroxyl groups is 1. The fourth-order valence-electron chi connectivity index (χ4n) is 6.00. The molecule has 0 aliphatic heterocycles. The Morgan fingerprint density at radius 2 is 0.919 bits per heavy atom. The Balaban J connectivity index is 4.88. The zero-order valence-electron chi connectivity index (χ0n) is 38.8. The highest BCUT2D eigenvalue weighted by Gasteiger charge is 2.28. The number of unbranched alkanes of at least 4 members (excludes halogenated alkanes) is 15. The van der Waals surface area contributed by atoms with Crippen LogP contribution in [0.25, 0.3) is 0 Å². The van der Waals surface area contributed by atoms with Crippen molar-refractivity contribution in [2.75, 3.05) is 26.4 Å². The second-order valence-electron chi connectivity index (χ2n) is 15.6. The predicted molar refractivity (Wildman–Crippen MR) is 251 cm³/mol. The largest absolute Gasteiger partial charge is 0.472 e. The molecule has 0 heterocycles. The lowest BCUT2D eigenvalue weighted by molar-refractivity contribution is -0.160. The number of phosphoric ester groups is 1. The molecule has 0 aliphatic carbocycles. The van der Waals surface area contributed by atoms with E-state index in [0.29, 0.717) is 19.3 Å². The molecule has 3 unspecified atom stereocenters. The highest BCUT2D eigenvalue weighted by molar-refractivity contribution is 7.47. The molecule has 0 rings (SSSR count). The van der Waals surface area contributed by atoms with Gasteiger partial charge in [0, 0.05) is 12.8 Å². The van der Waals surface area contributed by atoms with Crippen LogP contribution in [0.1, 0.15) is 188 Å². The van der Waals surface area contributed by atoms with Gasteiger partial charge in [-0.15, -0.1) is 0 Å². The van der Waals surface area contributed by atoms with E-state index in [1.54, 1.807) is 6.08 Å². The topological polar surface area (TPSA) is 155 Å². The average molecular weight is 893 g/mol. The summed E-state index contributed by atoms with van der Waals surface area (Å²) in [6.07, 6.45) is 46.4. The zero-order valence-corrected chi connectivity index (χ0v) is 39.7.